The van der Waals surface area contributed by atoms with Crippen molar-refractivity contribution in [3.8, 4) is 5.69 Å². The maximum atomic E-state index is 12.5. The van der Waals surface area contributed by atoms with Crippen molar-refractivity contribution in [2.24, 2.45) is 0 Å². The molecule has 0 saturated carbocycles. The van der Waals surface area contributed by atoms with Crippen molar-refractivity contribution in [2.45, 2.75) is 26.8 Å². The van der Waals surface area contributed by atoms with Gasteiger partial charge < -0.3 is 9.88 Å². The Labute approximate surface area is 142 Å². The molecule has 0 spiro atoms. The Morgan fingerprint density at radius 1 is 1.12 bits per heavy atom. The van der Waals surface area contributed by atoms with E-state index in [1.165, 1.54) is 0 Å². The average molecular weight is 319 g/mol. The zero-order valence-electron chi connectivity index (χ0n) is 14.2. The van der Waals surface area contributed by atoms with Crippen molar-refractivity contribution in [1.82, 2.24) is 14.9 Å². The van der Waals surface area contributed by atoms with Crippen molar-refractivity contribution < 1.29 is 4.79 Å². The number of nitrogens with one attached hydrogen (secondary N) is 1. The van der Waals surface area contributed by atoms with Gasteiger partial charge in [0.05, 0.1) is 12.4 Å². The van der Waals surface area contributed by atoms with Crippen molar-refractivity contribution >= 4 is 5.91 Å². The molecule has 3 rings (SSSR count). The molecule has 1 aromatic heterocycles. The molecule has 1 heterocycles. The van der Waals surface area contributed by atoms with Crippen molar-refractivity contribution in [3.63, 3.8) is 0 Å². The van der Waals surface area contributed by atoms with E-state index in [1.807, 2.05) is 74.0 Å². The van der Waals surface area contributed by atoms with Gasteiger partial charge in [-0.2, -0.15) is 0 Å². The van der Waals surface area contributed by atoms with Crippen LogP contribution in [-0.2, 0) is 0 Å². The Balaban J connectivity index is 1.73. The molecule has 0 aliphatic heterocycles. The Morgan fingerprint density at radius 3 is 2.54 bits per heavy atom. The van der Waals surface area contributed by atoms with Gasteiger partial charge in [0.25, 0.3) is 5.91 Å². The molecule has 1 N–H and O–H groups in total. The lowest BCUT2D eigenvalue weighted by atomic mass is 10.0. The standard InChI is InChI=1S/C20H21N3O/c1-14-4-5-15(2)19(12-14)20(24)22-16(3)17-6-8-18(9-7-17)23-11-10-21-13-23/h4-13,16H,1-3H3,(H,22,24)/t16-/m1/s1. The second kappa shape index (κ2) is 6.71. The molecule has 4 nitrogen and oxygen atoms in total. The molecule has 122 valence electrons. The van der Waals surface area contributed by atoms with E-state index in [1.54, 1.807) is 12.5 Å². The highest BCUT2D eigenvalue weighted by molar-refractivity contribution is 5.96. The van der Waals surface area contributed by atoms with E-state index in [4.69, 9.17) is 0 Å². The van der Waals surface area contributed by atoms with Crippen LogP contribution in [0.1, 0.15) is 40.0 Å². The SMILES string of the molecule is Cc1ccc(C)c(C(=O)N[C@H](C)c2ccc(-n3ccnc3)cc2)c1. The van der Waals surface area contributed by atoms with E-state index in [2.05, 4.69) is 10.3 Å². The van der Waals surface area contributed by atoms with Gasteiger partial charge in [-0.25, -0.2) is 4.98 Å². The highest BCUT2D eigenvalue weighted by Crippen LogP contribution is 2.17. The van der Waals surface area contributed by atoms with Gasteiger partial charge in [-0.15, -0.1) is 0 Å². The summed E-state index contributed by atoms with van der Waals surface area (Å²) in [5, 5.41) is 3.08. The summed E-state index contributed by atoms with van der Waals surface area (Å²) in [5.74, 6) is -0.0395. The summed E-state index contributed by atoms with van der Waals surface area (Å²) in [6.07, 6.45) is 5.42. The van der Waals surface area contributed by atoms with Gasteiger partial charge in [-0.1, -0.05) is 29.8 Å². The van der Waals surface area contributed by atoms with Crippen LogP contribution in [0.5, 0.6) is 0 Å². The molecular formula is C20H21N3O. The van der Waals surface area contributed by atoms with Crippen LogP contribution in [0.15, 0.2) is 61.2 Å². The number of nitrogens with zero attached hydrogens (tertiary/aromatic N) is 2. The minimum Gasteiger partial charge on any atom is -0.346 e. The zero-order chi connectivity index (χ0) is 17.1. The summed E-state index contributed by atoms with van der Waals surface area (Å²) >= 11 is 0. The fourth-order valence-electron chi connectivity index (χ4n) is 2.69. The largest absolute Gasteiger partial charge is 0.346 e. The monoisotopic (exact) mass is 319 g/mol. The maximum Gasteiger partial charge on any atom is 0.252 e. The molecular weight excluding hydrogens is 298 g/mol. The van der Waals surface area contributed by atoms with Gasteiger partial charge in [0, 0.05) is 23.6 Å². The number of hydrogen-bond acceptors (Lipinski definition) is 2. The van der Waals surface area contributed by atoms with Crippen molar-refractivity contribution in [3.05, 3.63) is 83.4 Å². The highest BCUT2D eigenvalue weighted by atomic mass is 16.1. The number of aryl methyl sites for hydroxylation is 2. The quantitative estimate of drug-likeness (QED) is 0.790. The second-order valence-corrected chi connectivity index (χ2v) is 6.08. The smallest absolute Gasteiger partial charge is 0.252 e. The van der Waals surface area contributed by atoms with Crippen LogP contribution < -0.4 is 5.32 Å². The first-order valence-electron chi connectivity index (χ1n) is 8.01. The van der Waals surface area contributed by atoms with Crippen LogP contribution >= 0.6 is 0 Å². The zero-order valence-corrected chi connectivity index (χ0v) is 14.2. The molecule has 1 atom stereocenters. The van der Waals surface area contributed by atoms with E-state index in [0.29, 0.717) is 0 Å². The van der Waals surface area contributed by atoms with E-state index >= 15 is 0 Å². The number of rotatable bonds is 4. The van der Waals surface area contributed by atoms with Crippen LogP contribution in [-0.4, -0.2) is 15.5 Å². The maximum absolute atomic E-state index is 12.5. The molecule has 0 aliphatic rings. The van der Waals surface area contributed by atoms with Crippen molar-refractivity contribution in [2.75, 3.05) is 0 Å². The lowest BCUT2D eigenvalue weighted by Gasteiger charge is -2.16. The van der Waals surface area contributed by atoms with Gasteiger partial charge in [0.2, 0.25) is 0 Å². The topological polar surface area (TPSA) is 46.9 Å². The molecule has 0 saturated heterocycles. The highest BCUT2D eigenvalue weighted by Gasteiger charge is 2.13. The van der Waals surface area contributed by atoms with Gasteiger partial charge >= 0.3 is 0 Å². The van der Waals surface area contributed by atoms with Crippen LogP contribution in [0.3, 0.4) is 0 Å². The molecule has 2 aromatic carbocycles. The van der Waals surface area contributed by atoms with E-state index < -0.39 is 0 Å². The Kier molecular flexibility index (Phi) is 4.47. The Bertz CT molecular complexity index is 836. The number of benzene rings is 2. The van der Waals surface area contributed by atoms with Crippen LogP contribution in [0.4, 0.5) is 0 Å². The summed E-state index contributed by atoms with van der Waals surface area (Å²) in [5.41, 5.74) is 4.92. The number of carbonyl (C=O) groups is 1. The lowest BCUT2D eigenvalue weighted by molar-refractivity contribution is 0.0939. The van der Waals surface area contributed by atoms with Crippen LogP contribution in [0.25, 0.3) is 5.69 Å². The lowest BCUT2D eigenvalue weighted by Crippen LogP contribution is -2.27. The van der Waals surface area contributed by atoms with Gasteiger partial charge in [-0.3, -0.25) is 4.79 Å². The predicted molar refractivity (Wildman–Crippen MR) is 95.4 cm³/mol. The molecule has 0 aliphatic carbocycles. The second-order valence-electron chi connectivity index (χ2n) is 6.08. The minimum absolute atomic E-state index is 0.0395. The number of carbonyl (C=O) groups excluding carboxylic acids is 1. The molecule has 0 radical (unpaired) electrons. The minimum atomic E-state index is -0.0609. The molecule has 1 amide bonds. The summed E-state index contributed by atoms with van der Waals surface area (Å²) in [7, 11) is 0. The first kappa shape index (κ1) is 16.0. The summed E-state index contributed by atoms with van der Waals surface area (Å²) in [6, 6.07) is 14.0. The van der Waals surface area contributed by atoms with E-state index in [9.17, 15) is 4.79 Å². The summed E-state index contributed by atoms with van der Waals surface area (Å²) in [6.45, 7) is 5.95. The summed E-state index contributed by atoms with van der Waals surface area (Å²) < 4.78 is 1.95. The normalized spacial score (nSPS) is 12.0. The first-order chi connectivity index (χ1) is 11.5. The fraction of sp³-hybridized carbons (Fsp3) is 0.200. The Morgan fingerprint density at radius 2 is 1.88 bits per heavy atom. The molecule has 24 heavy (non-hydrogen) atoms. The molecule has 3 aromatic rings. The average Bonchev–Trinajstić information content (AvgIpc) is 3.11. The first-order valence-corrected chi connectivity index (χ1v) is 8.01. The van der Waals surface area contributed by atoms with Crippen LogP contribution in [0, 0.1) is 13.8 Å². The number of imidazole rings is 1. The van der Waals surface area contributed by atoms with Crippen LogP contribution in [0.2, 0.25) is 0 Å². The third-order valence-corrected chi connectivity index (χ3v) is 4.18. The Hall–Kier alpha value is -2.88. The third kappa shape index (κ3) is 3.38. The number of hydrogen-bond donors (Lipinski definition) is 1. The molecule has 0 fully saturated rings. The molecule has 0 bridgehead atoms. The van der Waals surface area contributed by atoms with E-state index in [-0.39, 0.29) is 11.9 Å². The molecule has 4 heteroatoms. The summed E-state index contributed by atoms with van der Waals surface area (Å²) in [4.78, 5) is 16.6. The molecule has 0 unspecified atom stereocenters. The van der Waals surface area contributed by atoms with E-state index in [0.717, 1.165) is 27.9 Å². The van der Waals surface area contributed by atoms with Crippen molar-refractivity contribution in [1.29, 1.82) is 0 Å². The number of aromatic nitrogens is 2. The fourth-order valence-corrected chi connectivity index (χ4v) is 2.69. The predicted octanol–water partition coefficient (Wildman–Crippen LogP) is 3.98. The van der Waals surface area contributed by atoms with Gasteiger partial charge in [0.15, 0.2) is 0 Å². The number of amides is 1. The van der Waals surface area contributed by atoms with Gasteiger partial charge in [-0.05, 0) is 50.1 Å². The third-order valence-electron chi connectivity index (χ3n) is 4.18. The van der Waals surface area contributed by atoms with Gasteiger partial charge in [0.1, 0.15) is 0 Å².